The number of rotatable bonds is 7. The Balaban J connectivity index is 1.77. The molecule has 1 radical (unpaired) electrons. The van der Waals surface area contributed by atoms with Crippen molar-refractivity contribution in [2.45, 2.75) is 205 Å². The highest BCUT2D eigenvalue weighted by Gasteiger charge is 2.44. The fraction of sp³-hybridized carbons (Fsp3) is 0.971. The summed E-state index contributed by atoms with van der Waals surface area (Å²) in [5, 5.41) is 0. The van der Waals surface area contributed by atoms with Gasteiger partial charge in [0.2, 0.25) is 0 Å². The summed E-state index contributed by atoms with van der Waals surface area (Å²) in [6, 6.07) is 0. The lowest BCUT2D eigenvalue weighted by Gasteiger charge is -2.44. The second-order valence-electron chi connectivity index (χ2n) is 12.9. The molecule has 3 aliphatic rings. The van der Waals surface area contributed by atoms with Gasteiger partial charge in [-0.25, -0.2) is 0 Å². The van der Waals surface area contributed by atoms with Gasteiger partial charge in [-0.15, -0.1) is 0 Å². The summed E-state index contributed by atoms with van der Waals surface area (Å²) in [4.78, 5) is 0. The Morgan fingerprint density at radius 2 is 0.595 bits per heavy atom. The first kappa shape index (κ1) is 31.4. The molecule has 0 bridgehead atoms. The zero-order valence-electron chi connectivity index (χ0n) is 24.8. The molecule has 3 fully saturated rings. The molecule has 0 aromatic heterocycles. The maximum atomic E-state index is 7.13. The monoisotopic (exact) mass is 519 g/mol. The van der Waals surface area contributed by atoms with Gasteiger partial charge in [-0.2, -0.15) is 0 Å². The van der Waals surface area contributed by atoms with Gasteiger partial charge in [0.25, 0.3) is 5.97 Å². The predicted octanol–water partition coefficient (Wildman–Crippen LogP) is 10.8. The molecule has 37 heavy (non-hydrogen) atoms. The Bertz CT molecular complexity index is 448. The minimum Gasteiger partial charge on any atom is -0.324 e. The molecule has 1 atom stereocenters. The number of hydrogen-bond donors (Lipinski definition) is 0. The highest BCUT2D eigenvalue weighted by atomic mass is 16.9. The lowest BCUT2D eigenvalue weighted by Crippen LogP contribution is -2.51. The van der Waals surface area contributed by atoms with E-state index in [0.717, 1.165) is 38.5 Å². The summed E-state index contributed by atoms with van der Waals surface area (Å²) in [7, 11) is 0. The van der Waals surface area contributed by atoms with E-state index < -0.39 is 5.97 Å². The van der Waals surface area contributed by atoms with Crippen molar-refractivity contribution in [1.29, 1.82) is 0 Å². The van der Waals surface area contributed by atoms with Crippen LogP contribution in [-0.2, 0) is 14.2 Å². The van der Waals surface area contributed by atoms with Crippen LogP contribution in [0.2, 0.25) is 0 Å². The van der Waals surface area contributed by atoms with Gasteiger partial charge < -0.3 is 14.2 Å². The van der Waals surface area contributed by atoms with Crippen molar-refractivity contribution in [3.05, 3.63) is 6.92 Å². The van der Waals surface area contributed by atoms with Crippen LogP contribution in [0.3, 0.4) is 0 Å². The summed E-state index contributed by atoms with van der Waals surface area (Å²) in [6.07, 6.45) is 35.5. The quantitative estimate of drug-likeness (QED) is 0.313. The van der Waals surface area contributed by atoms with E-state index in [4.69, 9.17) is 14.2 Å². The van der Waals surface area contributed by atoms with E-state index in [0.29, 0.717) is 0 Å². The minimum absolute atomic E-state index is 0.0614. The Kier molecular flexibility index (Phi) is 16.2. The molecule has 0 aromatic carbocycles. The molecule has 3 heteroatoms. The average molecular weight is 520 g/mol. The van der Waals surface area contributed by atoms with Gasteiger partial charge in [-0.05, 0) is 45.4 Å². The van der Waals surface area contributed by atoms with E-state index in [-0.39, 0.29) is 24.2 Å². The Hall–Kier alpha value is -0.120. The molecule has 0 heterocycles. The van der Waals surface area contributed by atoms with Crippen molar-refractivity contribution in [3.63, 3.8) is 0 Å². The van der Waals surface area contributed by atoms with Crippen molar-refractivity contribution in [2.24, 2.45) is 5.92 Å². The maximum Gasteiger partial charge on any atom is 0.286 e. The topological polar surface area (TPSA) is 27.7 Å². The van der Waals surface area contributed by atoms with E-state index in [1.165, 1.54) is 135 Å². The maximum absolute atomic E-state index is 7.13. The van der Waals surface area contributed by atoms with Crippen LogP contribution < -0.4 is 0 Å². The molecule has 3 aliphatic carbocycles. The minimum atomic E-state index is -1.00. The standard InChI is InChI=1S/C34H63O3/c1-30(2)34(35-31-24-18-12-6-3-7-13-19-25-31,36-32-26-20-14-8-4-9-15-21-27-32)37-33-28-22-16-10-5-11-17-23-29-33/h30-33H,1,3-29H2,2H3. The van der Waals surface area contributed by atoms with Crippen molar-refractivity contribution in [2.75, 3.05) is 0 Å². The molecule has 0 amide bonds. The van der Waals surface area contributed by atoms with Gasteiger partial charge >= 0.3 is 0 Å². The number of ether oxygens (including phenoxy) is 3. The molecule has 0 saturated heterocycles. The van der Waals surface area contributed by atoms with Gasteiger partial charge in [-0.1, -0.05) is 142 Å². The van der Waals surface area contributed by atoms with E-state index in [1.54, 1.807) is 0 Å². The first-order valence-electron chi connectivity index (χ1n) is 17.0. The molecule has 3 rings (SSSR count). The lowest BCUT2D eigenvalue weighted by atomic mass is 9.97. The van der Waals surface area contributed by atoms with Gasteiger partial charge in [0, 0.05) is 5.92 Å². The van der Waals surface area contributed by atoms with Gasteiger partial charge in [0.05, 0.1) is 18.3 Å². The number of hydrogen-bond acceptors (Lipinski definition) is 3. The van der Waals surface area contributed by atoms with E-state index in [1.807, 2.05) is 0 Å². The Morgan fingerprint density at radius 1 is 0.405 bits per heavy atom. The largest absolute Gasteiger partial charge is 0.324 e. The molecule has 217 valence electrons. The zero-order valence-corrected chi connectivity index (χ0v) is 24.8. The Morgan fingerprint density at radius 3 is 0.784 bits per heavy atom. The van der Waals surface area contributed by atoms with Crippen molar-refractivity contribution in [3.8, 4) is 0 Å². The van der Waals surface area contributed by atoms with Crippen molar-refractivity contribution < 1.29 is 14.2 Å². The first-order chi connectivity index (χ1) is 18.2. The third-order valence-corrected chi connectivity index (χ3v) is 9.25. The van der Waals surface area contributed by atoms with Crippen LogP contribution in [0.5, 0.6) is 0 Å². The van der Waals surface area contributed by atoms with E-state index in [9.17, 15) is 0 Å². The fourth-order valence-corrected chi connectivity index (χ4v) is 6.80. The molecule has 0 aliphatic heterocycles. The second kappa shape index (κ2) is 19.0. The highest BCUT2D eigenvalue weighted by Crippen LogP contribution is 2.37. The summed E-state index contributed by atoms with van der Waals surface area (Å²) < 4.78 is 21.4. The summed E-state index contributed by atoms with van der Waals surface area (Å²) in [5.41, 5.74) is 0. The first-order valence-corrected chi connectivity index (χ1v) is 17.0. The SMILES string of the molecule is [CH2]C(C)C(OC1CCCCCCCCC1)(OC1CCCCCCCCC1)OC1CCCCCCCCC1. The van der Waals surface area contributed by atoms with Crippen LogP contribution in [0.1, 0.15) is 180 Å². The van der Waals surface area contributed by atoms with Gasteiger partial charge in [0.1, 0.15) is 0 Å². The average Bonchev–Trinajstić information content (AvgIpc) is 2.90. The normalized spacial score (nSPS) is 25.1. The van der Waals surface area contributed by atoms with Gasteiger partial charge in [0.15, 0.2) is 0 Å². The van der Waals surface area contributed by atoms with Crippen LogP contribution in [0.25, 0.3) is 0 Å². The summed E-state index contributed by atoms with van der Waals surface area (Å²) in [5.74, 6) is -1.06. The van der Waals surface area contributed by atoms with Crippen LogP contribution in [0.4, 0.5) is 0 Å². The zero-order chi connectivity index (χ0) is 26.0. The molecule has 0 N–H and O–H groups in total. The molecular weight excluding hydrogens is 456 g/mol. The summed E-state index contributed by atoms with van der Waals surface area (Å²) in [6.45, 7) is 6.74. The predicted molar refractivity (Wildman–Crippen MR) is 157 cm³/mol. The molecule has 3 saturated carbocycles. The molecule has 0 aromatic rings. The third-order valence-electron chi connectivity index (χ3n) is 9.25. The lowest BCUT2D eigenvalue weighted by molar-refractivity contribution is -0.435. The van der Waals surface area contributed by atoms with Crippen LogP contribution >= 0.6 is 0 Å². The van der Waals surface area contributed by atoms with Crippen molar-refractivity contribution >= 4 is 0 Å². The second-order valence-corrected chi connectivity index (χ2v) is 12.9. The Labute approximate surface area is 231 Å². The summed E-state index contributed by atoms with van der Waals surface area (Å²) >= 11 is 0. The van der Waals surface area contributed by atoms with Crippen LogP contribution in [-0.4, -0.2) is 24.3 Å². The highest BCUT2D eigenvalue weighted by molar-refractivity contribution is 4.79. The van der Waals surface area contributed by atoms with E-state index >= 15 is 0 Å². The van der Waals surface area contributed by atoms with E-state index in [2.05, 4.69) is 13.8 Å². The van der Waals surface area contributed by atoms with Crippen LogP contribution in [0.15, 0.2) is 0 Å². The molecule has 0 spiro atoms. The van der Waals surface area contributed by atoms with Crippen molar-refractivity contribution in [1.82, 2.24) is 0 Å². The van der Waals surface area contributed by atoms with Gasteiger partial charge in [-0.3, -0.25) is 0 Å². The third kappa shape index (κ3) is 12.7. The fourth-order valence-electron chi connectivity index (χ4n) is 6.80. The molecule has 1 unspecified atom stereocenters. The smallest absolute Gasteiger partial charge is 0.286 e. The van der Waals surface area contributed by atoms with Crippen LogP contribution in [0, 0.1) is 12.8 Å². The molecular formula is C34H63O3. The molecule has 3 nitrogen and oxygen atoms in total.